The molecule has 3 nitrogen and oxygen atoms in total. The Labute approximate surface area is 120 Å². The first-order valence-corrected chi connectivity index (χ1v) is 6.18. The highest BCUT2D eigenvalue weighted by molar-refractivity contribution is 9.10. The van der Waals surface area contributed by atoms with E-state index in [9.17, 15) is 18.0 Å². The van der Waals surface area contributed by atoms with Crippen molar-refractivity contribution < 1.29 is 18.0 Å². The summed E-state index contributed by atoms with van der Waals surface area (Å²) in [6.07, 6.45) is 0. The first-order chi connectivity index (χ1) is 9.38. The molecule has 1 amide bonds. The minimum atomic E-state index is -1.01. The van der Waals surface area contributed by atoms with Crippen LogP contribution in [0.1, 0.15) is 10.4 Å². The van der Waals surface area contributed by atoms with Crippen LogP contribution >= 0.6 is 15.9 Å². The molecule has 0 saturated heterocycles. The Balaban J connectivity index is 2.33. The monoisotopic (exact) mass is 344 g/mol. The molecule has 2 aromatic rings. The zero-order chi connectivity index (χ0) is 14.9. The van der Waals surface area contributed by atoms with Crippen LogP contribution in [0.4, 0.5) is 24.5 Å². The van der Waals surface area contributed by atoms with Gasteiger partial charge in [0.1, 0.15) is 11.6 Å². The minimum absolute atomic E-state index is 0.221. The van der Waals surface area contributed by atoms with Crippen LogP contribution in [0.2, 0.25) is 0 Å². The maximum Gasteiger partial charge on any atom is 0.258 e. The highest BCUT2D eigenvalue weighted by Gasteiger charge is 2.17. The predicted octanol–water partition coefficient (Wildman–Crippen LogP) is 3.70. The van der Waals surface area contributed by atoms with Gasteiger partial charge in [0.2, 0.25) is 0 Å². The largest absolute Gasteiger partial charge is 0.396 e. The number of anilines is 2. The van der Waals surface area contributed by atoms with Gasteiger partial charge in [-0.25, -0.2) is 13.2 Å². The van der Waals surface area contributed by atoms with Gasteiger partial charge in [-0.05, 0) is 46.3 Å². The van der Waals surface area contributed by atoms with Gasteiger partial charge in [-0.2, -0.15) is 0 Å². The van der Waals surface area contributed by atoms with E-state index >= 15 is 0 Å². The summed E-state index contributed by atoms with van der Waals surface area (Å²) in [6.45, 7) is 0. The molecule has 0 fully saturated rings. The number of rotatable bonds is 2. The van der Waals surface area contributed by atoms with Crippen molar-refractivity contribution >= 4 is 33.2 Å². The first-order valence-electron chi connectivity index (χ1n) is 5.39. The van der Waals surface area contributed by atoms with Crippen molar-refractivity contribution in [2.75, 3.05) is 11.1 Å². The Kier molecular flexibility index (Phi) is 3.99. The third-order valence-corrected chi connectivity index (χ3v) is 3.15. The molecule has 0 bridgehead atoms. The highest BCUT2D eigenvalue weighted by atomic mass is 79.9. The number of hydrogen-bond donors (Lipinski definition) is 2. The second kappa shape index (κ2) is 5.54. The van der Waals surface area contributed by atoms with Crippen LogP contribution < -0.4 is 11.1 Å². The van der Waals surface area contributed by atoms with Crippen molar-refractivity contribution in [1.82, 2.24) is 0 Å². The van der Waals surface area contributed by atoms with Gasteiger partial charge in [0.25, 0.3) is 5.91 Å². The van der Waals surface area contributed by atoms with Crippen LogP contribution in [-0.2, 0) is 0 Å². The molecule has 0 unspecified atom stereocenters. The van der Waals surface area contributed by atoms with Gasteiger partial charge in [-0.3, -0.25) is 4.79 Å². The number of amides is 1. The quantitative estimate of drug-likeness (QED) is 0.816. The topological polar surface area (TPSA) is 55.1 Å². The fraction of sp³-hybridized carbons (Fsp3) is 0. The van der Waals surface area contributed by atoms with E-state index in [1.165, 1.54) is 6.07 Å². The number of hydrogen-bond acceptors (Lipinski definition) is 2. The third-order valence-electron chi connectivity index (χ3n) is 2.49. The number of carbonyl (C=O) groups is 1. The van der Waals surface area contributed by atoms with Gasteiger partial charge in [0, 0.05) is 4.47 Å². The van der Waals surface area contributed by atoms with E-state index in [-0.39, 0.29) is 10.2 Å². The zero-order valence-corrected chi connectivity index (χ0v) is 11.5. The summed E-state index contributed by atoms with van der Waals surface area (Å²) < 4.78 is 40.0. The minimum Gasteiger partial charge on any atom is -0.396 e. The zero-order valence-electron chi connectivity index (χ0n) is 9.88. The van der Waals surface area contributed by atoms with E-state index in [0.717, 1.165) is 24.3 Å². The summed E-state index contributed by atoms with van der Waals surface area (Å²) in [7, 11) is 0. The maximum atomic E-state index is 13.7. The van der Waals surface area contributed by atoms with Gasteiger partial charge in [-0.15, -0.1) is 0 Å². The Morgan fingerprint density at radius 1 is 1.10 bits per heavy atom. The van der Waals surface area contributed by atoms with Crippen LogP contribution in [0.15, 0.2) is 34.8 Å². The number of halogens is 4. The van der Waals surface area contributed by atoms with E-state index in [0.29, 0.717) is 0 Å². The normalized spacial score (nSPS) is 10.4. The average molecular weight is 345 g/mol. The molecule has 3 N–H and O–H groups in total. The summed E-state index contributed by atoms with van der Waals surface area (Å²) >= 11 is 3.05. The molecule has 7 heteroatoms. The van der Waals surface area contributed by atoms with Crippen molar-refractivity contribution in [2.24, 2.45) is 0 Å². The van der Waals surface area contributed by atoms with E-state index < -0.39 is 34.6 Å². The predicted molar refractivity (Wildman–Crippen MR) is 72.8 cm³/mol. The van der Waals surface area contributed by atoms with Crippen molar-refractivity contribution in [2.45, 2.75) is 0 Å². The summed E-state index contributed by atoms with van der Waals surface area (Å²) in [6, 6.07) is 5.05. The molecule has 0 aromatic heterocycles. The molecular weight excluding hydrogens is 337 g/mol. The van der Waals surface area contributed by atoms with Crippen LogP contribution in [0.3, 0.4) is 0 Å². The SMILES string of the molecule is Nc1cc(F)cc(C(=O)Nc2ccc(F)cc2Br)c1F. The van der Waals surface area contributed by atoms with Crippen molar-refractivity contribution in [1.29, 1.82) is 0 Å². The molecule has 0 spiro atoms. The van der Waals surface area contributed by atoms with E-state index in [1.807, 2.05) is 0 Å². The van der Waals surface area contributed by atoms with Crippen LogP contribution in [0, 0.1) is 17.5 Å². The molecule has 2 aromatic carbocycles. The molecule has 0 aliphatic rings. The lowest BCUT2D eigenvalue weighted by Gasteiger charge is -2.09. The van der Waals surface area contributed by atoms with Crippen LogP contribution in [0.25, 0.3) is 0 Å². The Bertz CT molecular complexity index is 692. The molecule has 0 heterocycles. The second-order valence-corrected chi connectivity index (χ2v) is 4.79. The van der Waals surface area contributed by atoms with Gasteiger partial charge >= 0.3 is 0 Å². The Morgan fingerprint density at radius 3 is 2.45 bits per heavy atom. The van der Waals surface area contributed by atoms with E-state index in [1.54, 1.807) is 0 Å². The molecule has 0 atom stereocenters. The molecule has 104 valence electrons. The second-order valence-electron chi connectivity index (χ2n) is 3.93. The molecular formula is C13H8BrF3N2O. The molecule has 2 rings (SSSR count). The molecule has 0 aliphatic heterocycles. The first kappa shape index (κ1) is 14.4. The number of nitrogen functional groups attached to an aromatic ring is 1. The van der Waals surface area contributed by atoms with Crippen molar-refractivity contribution in [3.8, 4) is 0 Å². The molecule has 0 radical (unpaired) electrons. The van der Waals surface area contributed by atoms with Gasteiger partial charge in [0.05, 0.1) is 16.9 Å². The smallest absolute Gasteiger partial charge is 0.258 e. The maximum absolute atomic E-state index is 13.7. The number of nitrogens with one attached hydrogen (secondary N) is 1. The lowest BCUT2D eigenvalue weighted by atomic mass is 10.1. The van der Waals surface area contributed by atoms with Gasteiger partial charge in [-0.1, -0.05) is 0 Å². The third kappa shape index (κ3) is 2.93. The Hall–Kier alpha value is -2.02. The molecule has 0 saturated carbocycles. The standard InChI is InChI=1S/C13H8BrF3N2O/c14-9-4-6(15)1-2-11(9)19-13(20)8-3-7(16)5-10(18)12(8)17/h1-5H,18H2,(H,19,20). The van der Waals surface area contributed by atoms with Crippen LogP contribution in [0.5, 0.6) is 0 Å². The number of carbonyl (C=O) groups excluding carboxylic acids is 1. The van der Waals surface area contributed by atoms with E-state index in [4.69, 9.17) is 5.73 Å². The van der Waals surface area contributed by atoms with Gasteiger partial charge in [0.15, 0.2) is 5.82 Å². The van der Waals surface area contributed by atoms with Crippen molar-refractivity contribution in [3.05, 3.63) is 57.8 Å². The number of nitrogens with two attached hydrogens (primary N) is 1. The lowest BCUT2D eigenvalue weighted by Crippen LogP contribution is -2.15. The highest BCUT2D eigenvalue weighted by Crippen LogP contribution is 2.25. The van der Waals surface area contributed by atoms with Crippen molar-refractivity contribution in [3.63, 3.8) is 0 Å². The summed E-state index contributed by atoms with van der Waals surface area (Å²) in [5.74, 6) is -3.23. The Morgan fingerprint density at radius 2 is 1.80 bits per heavy atom. The number of benzene rings is 2. The lowest BCUT2D eigenvalue weighted by molar-refractivity contribution is 0.102. The van der Waals surface area contributed by atoms with Crippen LogP contribution in [-0.4, -0.2) is 5.91 Å². The van der Waals surface area contributed by atoms with E-state index in [2.05, 4.69) is 21.2 Å². The summed E-state index contributed by atoms with van der Waals surface area (Å²) in [4.78, 5) is 11.9. The fourth-order valence-electron chi connectivity index (χ4n) is 1.56. The summed E-state index contributed by atoms with van der Waals surface area (Å²) in [5.41, 5.74) is 4.48. The molecule has 20 heavy (non-hydrogen) atoms. The molecule has 0 aliphatic carbocycles. The fourth-order valence-corrected chi connectivity index (χ4v) is 2.01. The average Bonchev–Trinajstić information content (AvgIpc) is 2.37. The van der Waals surface area contributed by atoms with Gasteiger partial charge < -0.3 is 11.1 Å². The summed E-state index contributed by atoms with van der Waals surface area (Å²) in [5, 5.41) is 2.33.